The second kappa shape index (κ2) is 6.15. The first kappa shape index (κ1) is 15.4. The fraction of sp³-hybridized carbons (Fsp3) is 0. The number of hydrogen-bond acceptors (Lipinski definition) is 1. The highest BCUT2D eigenvalue weighted by Gasteiger charge is 2.15. The molecule has 0 saturated heterocycles. The van der Waals surface area contributed by atoms with Gasteiger partial charge in [0.15, 0.2) is 0 Å². The van der Waals surface area contributed by atoms with Gasteiger partial charge in [0, 0.05) is 26.4 Å². The van der Waals surface area contributed by atoms with Gasteiger partial charge in [0.1, 0.15) is 11.2 Å². The van der Waals surface area contributed by atoms with Gasteiger partial charge in [-0.25, -0.2) is 0 Å². The van der Waals surface area contributed by atoms with Crippen LogP contribution in [0.3, 0.4) is 0 Å². The number of benzene rings is 4. The summed E-state index contributed by atoms with van der Waals surface area (Å²) in [5.74, 6) is 0. The van der Waals surface area contributed by atoms with Gasteiger partial charge in [0.2, 0.25) is 0 Å². The number of halogens is 1. The zero-order chi connectivity index (χ0) is 17.5. The average Bonchev–Trinajstić information content (AvgIpc) is 3.07. The summed E-state index contributed by atoms with van der Waals surface area (Å²) >= 11 is 3.57. The summed E-state index contributed by atoms with van der Waals surface area (Å²) in [6.45, 7) is 0. The van der Waals surface area contributed by atoms with Crippen LogP contribution >= 0.6 is 15.9 Å². The van der Waals surface area contributed by atoms with Gasteiger partial charge in [0.05, 0.1) is 0 Å². The molecule has 1 nitrogen and oxygen atoms in total. The molecule has 26 heavy (non-hydrogen) atoms. The summed E-state index contributed by atoms with van der Waals surface area (Å²) in [6, 6.07) is 31.4. The lowest BCUT2D eigenvalue weighted by atomic mass is 10.0. The molecule has 0 unspecified atom stereocenters. The Kier molecular flexibility index (Phi) is 3.65. The number of hydrogen-bond donors (Lipinski definition) is 0. The van der Waals surface area contributed by atoms with E-state index >= 15 is 0 Å². The topological polar surface area (TPSA) is 13.1 Å². The predicted octanol–water partition coefficient (Wildman–Crippen LogP) is 7.68. The average molecular weight is 399 g/mol. The Bertz CT molecular complexity index is 1240. The van der Waals surface area contributed by atoms with E-state index < -0.39 is 0 Å². The first-order valence-corrected chi connectivity index (χ1v) is 9.36. The fourth-order valence-corrected chi connectivity index (χ4v) is 3.95. The van der Waals surface area contributed by atoms with Crippen LogP contribution in [-0.2, 0) is 0 Å². The molecule has 5 rings (SSSR count). The van der Waals surface area contributed by atoms with E-state index in [0.717, 1.165) is 43.1 Å². The molecule has 0 bridgehead atoms. The van der Waals surface area contributed by atoms with Crippen LogP contribution in [0.5, 0.6) is 0 Å². The zero-order valence-electron chi connectivity index (χ0n) is 13.9. The van der Waals surface area contributed by atoms with Gasteiger partial charge >= 0.3 is 0 Å². The van der Waals surface area contributed by atoms with Gasteiger partial charge in [0.25, 0.3) is 0 Å². The monoisotopic (exact) mass is 398 g/mol. The molecule has 0 N–H and O–H groups in total. The maximum absolute atomic E-state index is 6.45. The van der Waals surface area contributed by atoms with E-state index in [2.05, 4.69) is 94.8 Å². The van der Waals surface area contributed by atoms with Crippen molar-refractivity contribution in [2.24, 2.45) is 0 Å². The lowest BCUT2D eigenvalue weighted by Gasteiger charge is -2.03. The molecule has 0 spiro atoms. The lowest BCUT2D eigenvalue weighted by Crippen LogP contribution is -1.78. The molecule has 1 aromatic heterocycles. The Balaban J connectivity index is 1.84. The van der Waals surface area contributed by atoms with Crippen molar-refractivity contribution in [2.45, 2.75) is 0 Å². The minimum absolute atomic E-state index is 0.934. The largest absolute Gasteiger partial charge is 0.455 e. The molecule has 0 atom stereocenters. The fourth-order valence-electron chi connectivity index (χ4n) is 3.55. The van der Waals surface area contributed by atoms with Crippen molar-refractivity contribution in [1.29, 1.82) is 0 Å². The van der Waals surface area contributed by atoms with Crippen molar-refractivity contribution in [2.75, 3.05) is 0 Å². The third kappa shape index (κ3) is 2.46. The highest BCUT2D eigenvalue weighted by atomic mass is 79.9. The molecule has 5 aromatic rings. The summed E-state index contributed by atoms with van der Waals surface area (Å²) in [4.78, 5) is 0. The minimum atomic E-state index is 0.934. The Morgan fingerprint density at radius 1 is 0.538 bits per heavy atom. The van der Waals surface area contributed by atoms with Crippen LogP contribution in [-0.4, -0.2) is 0 Å². The first-order chi connectivity index (χ1) is 12.8. The molecule has 4 aromatic carbocycles. The van der Waals surface area contributed by atoms with Crippen molar-refractivity contribution in [3.8, 4) is 22.3 Å². The zero-order valence-corrected chi connectivity index (χ0v) is 15.5. The molecule has 0 fully saturated rings. The normalized spacial score (nSPS) is 11.3. The molecule has 0 amide bonds. The number of rotatable bonds is 2. The third-order valence-electron chi connectivity index (χ3n) is 4.74. The van der Waals surface area contributed by atoms with Gasteiger partial charge in [-0.1, -0.05) is 94.8 Å². The quantitative estimate of drug-likeness (QED) is 0.297. The molecular formula is C24H15BrO. The Morgan fingerprint density at radius 2 is 1.12 bits per heavy atom. The lowest BCUT2D eigenvalue weighted by molar-refractivity contribution is 0.671. The SMILES string of the molecule is Brc1cccc(-c2cccc3c2oc2c(-c4ccccc4)cccc23)c1. The van der Waals surface area contributed by atoms with Gasteiger partial charge in [-0.3, -0.25) is 0 Å². The van der Waals surface area contributed by atoms with E-state index in [4.69, 9.17) is 4.42 Å². The molecule has 1 heterocycles. The molecule has 124 valence electrons. The molecule has 2 heteroatoms. The van der Waals surface area contributed by atoms with Crippen LogP contribution < -0.4 is 0 Å². The van der Waals surface area contributed by atoms with E-state index in [0.29, 0.717) is 0 Å². The van der Waals surface area contributed by atoms with Crippen LogP contribution in [0.2, 0.25) is 0 Å². The van der Waals surface area contributed by atoms with Crippen molar-refractivity contribution >= 4 is 37.9 Å². The van der Waals surface area contributed by atoms with Crippen LogP contribution in [0, 0.1) is 0 Å². The van der Waals surface area contributed by atoms with E-state index in [9.17, 15) is 0 Å². The molecule has 0 aliphatic heterocycles. The van der Waals surface area contributed by atoms with Crippen LogP contribution in [0.25, 0.3) is 44.2 Å². The van der Waals surface area contributed by atoms with Crippen molar-refractivity contribution < 1.29 is 4.42 Å². The summed E-state index contributed by atoms with van der Waals surface area (Å²) in [7, 11) is 0. The second-order valence-corrected chi connectivity index (χ2v) is 7.26. The maximum atomic E-state index is 6.45. The summed E-state index contributed by atoms with van der Waals surface area (Å²) in [5.41, 5.74) is 6.42. The van der Waals surface area contributed by atoms with Crippen LogP contribution in [0.4, 0.5) is 0 Å². The Morgan fingerprint density at radius 3 is 1.77 bits per heavy atom. The molecule has 0 radical (unpaired) electrons. The predicted molar refractivity (Wildman–Crippen MR) is 112 cm³/mol. The molecule has 0 aliphatic carbocycles. The summed E-state index contributed by atoms with van der Waals surface area (Å²) in [6.07, 6.45) is 0. The minimum Gasteiger partial charge on any atom is -0.455 e. The van der Waals surface area contributed by atoms with Gasteiger partial charge in [-0.2, -0.15) is 0 Å². The van der Waals surface area contributed by atoms with Crippen molar-refractivity contribution in [1.82, 2.24) is 0 Å². The molecular weight excluding hydrogens is 384 g/mol. The highest BCUT2D eigenvalue weighted by Crippen LogP contribution is 2.39. The van der Waals surface area contributed by atoms with E-state index in [1.165, 1.54) is 5.56 Å². The van der Waals surface area contributed by atoms with Gasteiger partial charge in [-0.15, -0.1) is 0 Å². The maximum Gasteiger partial charge on any atom is 0.143 e. The van der Waals surface area contributed by atoms with E-state index in [1.807, 2.05) is 12.1 Å². The summed E-state index contributed by atoms with van der Waals surface area (Å²) in [5, 5.41) is 2.30. The smallest absolute Gasteiger partial charge is 0.143 e. The van der Waals surface area contributed by atoms with Crippen LogP contribution in [0.1, 0.15) is 0 Å². The number of para-hydroxylation sites is 2. The van der Waals surface area contributed by atoms with Crippen molar-refractivity contribution in [3.05, 3.63) is 95.5 Å². The van der Waals surface area contributed by atoms with Gasteiger partial charge < -0.3 is 4.42 Å². The molecule has 0 saturated carbocycles. The number of furan rings is 1. The first-order valence-electron chi connectivity index (χ1n) is 8.57. The van der Waals surface area contributed by atoms with Crippen LogP contribution in [0.15, 0.2) is 99.9 Å². The molecule has 0 aliphatic rings. The van der Waals surface area contributed by atoms with Gasteiger partial charge in [-0.05, 0) is 23.3 Å². The highest BCUT2D eigenvalue weighted by molar-refractivity contribution is 9.10. The third-order valence-corrected chi connectivity index (χ3v) is 5.24. The number of fused-ring (bicyclic) bond motifs is 3. The standard InChI is InChI=1S/C24H15BrO/c25-18-10-4-9-17(15-18)20-12-6-14-22-21-13-5-11-19(23(21)26-24(20)22)16-7-2-1-3-8-16/h1-15H. The Labute approximate surface area is 160 Å². The van der Waals surface area contributed by atoms with E-state index in [-0.39, 0.29) is 0 Å². The second-order valence-electron chi connectivity index (χ2n) is 6.34. The Hall–Kier alpha value is -2.84. The summed E-state index contributed by atoms with van der Waals surface area (Å²) < 4.78 is 7.51. The van der Waals surface area contributed by atoms with E-state index in [1.54, 1.807) is 0 Å². The van der Waals surface area contributed by atoms with Crippen molar-refractivity contribution in [3.63, 3.8) is 0 Å².